The number of ether oxygens (including phenoxy) is 1. The highest BCUT2D eigenvalue weighted by Gasteiger charge is 2.32. The van der Waals surface area contributed by atoms with E-state index in [1.807, 2.05) is 0 Å². The predicted molar refractivity (Wildman–Crippen MR) is 54.4 cm³/mol. The van der Waals surface area contributed by atoms with Crippen molar-refractivity contribution in [1.82, 2.24) is 0 Å². The summed E-state index contributed by atoms with van der Waals surface area (Å²) in [6.45, 7) is 0. The quantitative estimate of drug-likeness (QED) is 0.846. The van der Waals surface area contributed by atoms with Crippen molar-refractivity contribution in [3.63, 3.8) is 0 Å². The summed E-state index contributed by atoms with van der Waals surface area (Å²) in [5, 5.41) is 0. The van der Waals surface area contributed by atoms with Crippen LogP contribution in [-0.2, 0) is 0 Å². The second-order valence-corrected chi connectivity index (χ2v) is 3.72. The molecule has 7 heteroatoms. The van der Waals surface area contributed by atoms with E-state index >= 15 is 0 Å². The summed E-state index contributed by atoms with van der Waals surface area (Å²) in [7, 11) is 0. The smallest absolute Gasteiger partial charge is 0.405 e. The van der Waals surface area contributed by atoms with Crippen molar-refractivity contribution in [2.24, 2.45) is 5.73 Å². The third-order valence-electron chi connectivity index (χ3n) is 1.44. The van der Waals surface area contributed by atoms with Crippen LogP contribution in [0, 0.1) is 3.57 Å². The fourth-order valence-corrected chi connectivity index (χ4v) is 1.31. The maximum absolute atomic E-state index is 11.9. The standard InChI is InChI=1S/C8H5F3INO2/c9-8(10,11)15-6-3-4(7(13)14)1-2-5(6)12/h1-3H,(H2,13,14). The number of rotatable bonds is 2. The summed E-state index contributed by atoms with van der Waals surface area (Å²) in [6.07, 6.45) is -4.78. The average molecular weight is 331 g/mol. The first kappa shape index (κ1) is 12.1. The van der Waals surface area contributed by atoms with Crippen LogP contribution in [-0.4, -0.2) is 12.3 Å². The van der Waals surface area contributed by atoms with Gasteiger partial charge in [0.1, 0.15) is 5.75 Å². The number of carbonyl (C=O) groups is 1. The molecule has 0 spiro atoms. The highest BCUT2D eigenvalue weighted by molar-refractivity contribution is 14.1. The fraction of sp³-hybridized carbons (Fsp3) is 0.125. The number of amides is 1. The third kappa shape index (κ3) is 3.57. The molecule has 0 aromatic heterocycles. The first-order valence-corrected chi connectivity index (χ1v) is 4.72. The Balaban J connectivity index is 3.06. The molecule has 15 heavy (non-hydrogen) atoms. The lowest BCUT2D eigenvalue weighted by Crippen LogP contribution is -2.19. The molecule has 1 aromatic rings. The lowest BCUT2D eigenvalue weighted by Gasteiger charge is -2.10. The van der Waals surface area contributed by atoms with Crippen LogP contribution in [0.25, 0.3) is 0 Å². The number of halogens is 4. The van der Waals surface area contributed by atoms with Crippen molar-refractivity contribution in [1.29, 1.82) is 0 Å². The van der Waals surface area contributed by atoms with Crippen LogP contribution in [0.4, 0.5) is 13.2 Å². The monoisotopic (exact) mass is 331 g/mol. The Labute approximate surface area is 96.5 Å². The molecule has 1 rings (SSSR count). The van der Waals surface area contributed by atoms with Crippen molar-refractivity contribution in [2.45, 2.75) is 6.36 Å². The molecular weight excluding hydrogens is 326 g/mol. The van der Waals surface area contributed by atoms with Crippen molar-refractivity contribution < 1.29 is 22.7 Å². The van der Waals surface area contributed by atoms with Gasteiger partial charge in [-0.25, -0.2) is 0 Å². The van der Waals surface area contributed by atoms with Gasteiger partial charge in [-0.1, -0.05) is 0 Å². The molecule has 0 saturated carbocycles. The van der Waals surface area contributed by atoms with Gasteiger partial charge in [0.05, 0.1) is 3.57 Å². The number of nitrogens with two attached hydrogens (primary N) is 1. The Morgan fingerprint density at radius 3 is 2.47 bits per heavy atom. The largest absolute Gasteiger partial charge is 0.573 e. The molecule has 0 bridgehead atoms. The molecule has 0 atom stereocenters. The molecule has 1 amide bonds. The number of carbonyl (C=O) groups excluding carboxylic acids is 1. The van der Waals surface area contributed by atoms with E-state index in [9.17, 15) is 18.0 Å². The van der Waals surface area contributed by atoms with E-state index in [1.54, 1.807) is 22.6 Å². The van der Waals surface area contributed by atoms with Crippen LogP contribution < -0.4 is 10.5 Å². The molecular formula is C8H5F3INO2. The van der Waals surface area contributed by atoms with Gasteiger partial charge < -0.3 is 10.5 Å². The van der Waals surface area contributed by atoms with Gasteiger partial charge in [-0.05, 0) is 40.8 Å². The van der Waals surface area contributed by atoms with Crippen molar-refractivity contribution in [2.75, 3.05) is 0 Å². The molecule has 0 aliphatic heterocycles. The Morgan fingerprint density at radius 1 is 1.40 bits per heavy atom. The second kappa shape index (κ2) is 4.25. The normalized spacial score (nSPS) is 11.2. The maximum atomic E-state index is 11.9. The lowest BCUT2D eigenvalue weighted by atomic mass is 10.2. The second-order valence-electron chi connectivity index (χ2n) is 2.56. The van der Waals surface area contributed by atoms with Crippen molar-refractivity contribution >= 4 is 28.5 Å². The Morgan fingerprint density at radius 2 is 2.00 bits per heavy atom. The van der Waals surface area contributed by atoms with Gasteiger partial charge in [-0.3, -0.25) is 4.79 Å². The van der Waals surface area contributed by atoms with Gasteiger partial charge in [-0.2, -0.15) is 0 Å². The predicted octanol–water partition coefficient (Wildman–Crippen LogP) is 2.29. The molecule has 1 aromatic carbocycles. The number of hydrogen-bond donors (Lipinski definition) is 1. The summed E-state index contributed by atoms with van der Waals surface area (Å²) in [6, 6.07) is 3.60. The summed E-state index contributed by atoms with van der Waals surface area (Å²) in [4.78, 5) is 10.7. The average Bonchev–Trinajstić information content (AvgIpc) is 2.06. The Kier molecular flexibility index (Phi) is 3.42. The number of benzene rings is 1. The topological polar surface area (TPSA) is 52.3 Å². The van der Waals surface area contributed by atoms with Gasteiger partial charge in [0.15, 0.2) is 0 Å². The molecule has 0 unspecified atom stereocenters. The summed E-state index contributed by atoms with van der Waals surface area (Å²) in [5.41, 5.74) is 4.89. The SMILES string of the molecule is NC(=O)c1ccc(I)c(OC(F)(F)F)c1. The molecule has 82 valence electrons. The van der Waals surface area contributed by atoms with Gasteiger partial charge in [0, 0.05) is 5.56 Å². The zero-order valence-electron chi connectivity index (χ0n) is 7.14. The third-order valence-corrected chi connectivity index (χ3v) is 2.33. The first-order valence-electron chi connectivity index (χ1n) is 3.65. The molecule has 0 aliphatic carbocycles. The summed E-state index contributed by atoms with van der Waals surface area (Å²) >= 11 is 1.66. The van der Waals surface area contributed by atoms with Gasteiger partial charge in [-0.15, -0.1) is 13.2 Å². The number of hydrogen-bond acceptors (Lipinski definition) is 2. The molecule has 0 aliphatic rings. The first-order chi connectivity index (χ1) is 6.79. The van der Waals surface area contributed by atoms with E-state index in [2.05, 4.69) is 4.74 Å². The summed E-state index contributed by atoms with van der Waals surface area (Å²) < 4.78 is 39.7. The minimum absolute atomic E-state index is 0.0327. The van der Waals surface area contributed by atoms with E-state index in [1.165, 1.54) is 12.1 Å². The van der Waals surface area contributed by atoms with Gasteiger partial charge in [0.2, 0.25) is 5.91 Å². The zero-order chi connectivity index (χ0) is 11.6. The van der Waals surface area contributed by atoms with Crippen LogP contribution >= 0.6 is 22.6 Å². The van der Waals surface area contributed by atoms with Crippen LogP contribution in [0.3, 0.4) is 0 Å². The highest BCUT2D eigenvalue weighted by Crippen LogP contribution is 2.28. The van der Waals surface area contributed by atoms with Crippen LogP contribution in [0.2, 0.25) is 0 Å². The maximum Gasteiger partial charge on any atom is 0.573 e. The molecule has 0 saturated heterocycles. The molecule has 3 nitrogen and oxygen atoms in total. The van der Waals surface area contributed by atoms with E-state index in [4.69, 9.17) is 5.73 Å². The van der Waals surface area contributed by atoms with E-state index in [-0.39, 0.29) is 9.13 Å². The minimum atomic E-state index is -4.78. The fourth-order valence-electron chi connectivity index (χ4n) is 0.860. The van der Waals surface area contributed by atoms with E-state index < -0.39 is 18.0 Å². The Bertz CT molecular complexity index is 392. The highest BCUT2D eigenvalue weighted by atomic mass is 127. The van der Waals surface area contributed by atoms with Crippen molar-refractivity contribution in [3.8, 4) is 5.75 Å². The lowest BCUT2D eigenvalue weighted by molar-refractivity contribution is -0.274. The molecule has 0 fully saturated rings. The number of primary amides is 1. The van der Waals surface area contributed by atoms with Crippen LogP contribution in [0.15, 0.2) is 18.2 Å². The van der Waals surface area contributed by atoms with Crippen molar-refractivity contribution in [3.05, 3.63) is 27.3 Å². The zero-order valence-corrected chi connectivity index (χ0v) is 9.30. The van der Waals surface area contributed by atoms with E-state index in [0.717, 1.165) is 6.07 Å². The molecule has 0 radical (unpaired) electrons. The van der Waals surface area contributed by atoms with Gasteiger partial charge in [0.25, 0.3) is 0 Å². The van der Waals surface area contributed by atoms with Gasteiger partial charge >= 0.3 is 6.36 Å². The molecule has 0 heterocycles. The molecule has 2 N–H and O–H groups in total. The van der Waals surface area contributed by atoms with Crippen LogP contribution in [0.1, 0.15) is 10.4 Å². The van der Waals surface area contributed by atoms with Crippen LogP contribution in [0.5, 0.6) is 5.75 Å². The minimum Gasteiger partial charge on any atom is -0.405 e. The Hall–Kier alpha value is -0.990. The number of alkyl halides is 3. The van der Waals surface area contributed by atoms with E-state index in [0.29, 0.717) is 0 Å². The summed E-state index contributed by atoms with van der Waals surface area (Å²) in [5.74, 6) is -1.24.